The first-order chi connectivity index (χ1) is 9.70. The van der Waals surface area contributed by atoms with Crippen molar-refractivity contribution in [2.75, 3.05) is 26.3 Å². The molecule has 1 fully saturated rings. The second-order valence-corrected chi connectivity index (χ2v) is 4.64. The Morgan fingerprint density at radius 2 is 2.40 bits per heavy atom. The molecule has 0 spiro atoms. The predicted octanol–water partition coefficient (Wildman–Crippen LogP) is 0.902. The lowest BCUT2D eigenvalue weighted by Gasteiger charge is -2.10. The van der Waals surface area contributed by atoms with Gasteiger partial charge in [0.2, 0.25) is 0 Å². The highest BCUT2D eigenvalue weighted by Gasteiger charge is 2.18. The number of rotatable bonds is 3. The van der Waals surface area contributed by atoms with Crippen molar-refractivity contribution in [1.82, 2.24) is 5.32 Å². The van der Waals surface area contributed by atoms with Crippen molar-refractivity contribution in [1.29, 1.82) is 0 Å². The number of ether oxygens (including phenoxy) is 1. The first-order valence-electron chi connectivity index (χ1n) is 6.55. The van der Waals surface area contributed by atoms with Gasteiger partial charge in [-0.15, -0.1) is 0 Å². The first kappa shape index (κ1) is 14.5. The molecule has 1 aliphatic rings. The van der Waals surface area contributed by atoms with Crippen molar-refractivity contribution >= 4 is 5.91 Å². The molecule has 2 rings (SSSR count). The molecule has 0 aliphatic carbocycles. The molecule has 0 radical (unpaired) electrons. The Morgan fingerprint density at radius 1 is 1.55 bits per heavy atom. The lowest BCUT2D eigenvalue weighted by Crippen LogP contribution is -2.30. The van der Waals surface area contributed by atoms with E-state index < -0.39 is 11.7 Å². The van der Waals surface area contributed by atoms with E-state index in [1.807, 2.05) is 0 Å². The monoisotopic (exact) mass is 276 g/mol. The van der Waals surface area contributed by atoms with Crippen molar-refractivity contribution in [2.24, 2.45) is 11.7 Å². The van der Waals surface area contributed by atoms with E-state index >= 15 is 0 Å². The molecule has 20 heavy (non-hydrogen) atoms. The summed E-state index contributed by atoms with van der Waals surface area (Å²) in [6, 6.07) is 4.30. The van der Waals surface area contributed by atoms with Crippen LogP contribution in [0.4, 0.5) is 4.39 Å². The van der Waals surface area contributed by atoms with Gasteiger partial charge in [-0.3, -0.25) is 4.79 Å². The summed E-state index contributed by atoms with van der Waals surface area (Å²) in [5.41, 5.74) is 5.79. The zero-order valence-corrected chi connectivity index (χ0v) is 11.1. The quantitative estimate of drug-likeness (QED) is 0.806. The van der Waals surface area contributed by atoms with Crippen LogP contribution in [0.15, 0.2) is 18.2 Å². The lowest BCUT2D eigenvalue weighted by molar-refractivity contribution is 0.0941. The molecule has 1 atom stereocenters. The van der Waals surface area contributed by atoms with Gasteiger partial charge in [-0.2, -0.15) is 0 Å². The summed E-state index contributed by atoms with van der Waals surface area (Å²) in [5.74, 6) is 4.70. The van der Waals surface area contributed by atoms with Gasteiger partial charge in [0.25, 0.3) is 5.91 Å². The van der Waals surface area contributed by atoms with E-state index in [2.05, 4.69) is 17.2 Å². The van der Waals surface area contributed by atoms with Gasteiger partial charge in [-0.1, -0.05) is 11.8 Å². The Labute approximate surface area is 117 Å². The lowest BCUT2D eigenvalue weighted by atomic mass is 10.1. The number of halogens is 1. The van der Waals surface area contributed by atoms with Crippen molar-refractivity contribution in [2.45, 2.75) is 6.42 Å². The van der Waals surface area contributed by atoms with Crippen molar-refractivity contribution < 1.29 is 13.9 Å². The van der Waals surface area contributed by atoms with Gasteiger partial charge in [0.05, 0.1) is 18.7 Å². The van der Waals surface area contributed by atoms with Crippen molar-refractivity contribution in [3.05, 3.63) is 35.1 Å². The third-order valence-corrected chi connectivity index (χ3v) is 3.12. The molecule has 0 saturated carbocycles. The van der Waals surface area contributed by atoms with Crippen molar-refractivity contribution in [3.63, 3.8) is 0 Å². The van der Waals surface area contributed by atoms with Gasteiger partial charge in [0, 0.05) is 24.6 Å². The number of carbonyl (C=O) groups is 1. The molecule has 1 unspecified atom stereocenters. The number of carbonyl (C=O) groups excluding carboxylic acids is 1. The molecule has 1 aliphatic heterocycles. The molecule has 3 N–H and O–H groups in total. The Morgan fingerprint density at radius 3 is 3.05 bits per heavy atom. The molecule has 1 heterocycles. The van der Waals surface area contributed by atoms with E-state index in [4.69, 9.17) is 10.5 Å². The minimum absolute atomic E-state index is 0.0298. The number of benzene rings is 1. The third-order valence-electron chi connectivity index (χ3n) is 3.12. The molecule has 0 bridgehead atoms. The van der Waals surface area contributed by atoms with E-state index in [-0.39, 0.29) is 12.1 Å². The predicted molar refractivity (Wildman–Crippen MR) is 73.6 cm³/mol. The maximum atomic E-state index is 13.8. The first-order valence-corrected chi connectivity index (χ1v) is 6.55. The molecule has 1 saturated heterocycles. The number of nitrogens with one attached hydrogen (secondary N) is 1. The molecular weight excluding hydrogens is 259 g/mol. The molecule has 1 aromatic rings. The summed E-state index contributed by atoms with van der Waals surface area (Å²) >= 11 is 0. The average Bonchev–Trinajstić information content (AvgIpc) is 2.96. The summed E-state index contributed by atoms with van der Waals surface area (Å²) in [5, 5.41) is 2.73. The van der Waals surface area contributed by atoms with Gasteiger partial charge in [-0.25, -0.2) is 4.39 Å². The molecule has 1 amide bonds. The second-order valence-electron chi connectivity index (χ2n) is 4.64. The minimum atomic E-state index is -0.575. The minimum Gasteiger partial charge on any atom is -0.381 e. The van der Waals surface area contributed by atoms with Crippen LogP contribution in [-0.2, 0) is 4.74 Å². The van der Waals surface area contributed by atoms with Crippen molar-refractivity contribution in [3.8, 4) is 11.8 Å². The molecule has 1 aromatic carbocycles. The Kier molecular flexibility index (Phi) is 5.10. The van der Waals surface area contributed by atoms with Crippen LogP contribution in [0.5, 0.6) is 0 Å². The van der Waals surface area contributed by atoms with Crippen LogP contribution in [0, 0.1) is 23.6 Å². The Bertz CT molecular complexity index is 543. The van der Waals surface area contributed by atoms with E-state index in [0.717, 1.165) is 13.0 Å². The topological polar surface area (TPSA) is 64.4 Å². The van der Waals surface area contributed by atoms with Crippen LogP contribution in [-0.4, -0.2) is 32.2 Å². The fraction of sp³-hybridized carbons (Fsp3) is 0.400. The molecule has 5 heteroatoms. The smallest absolute Gasteiger partial charge is 0.254 e. The number of nitrogens with two attached hydrogens (primary N) is 1. The summed E-state index contributed by atoms with van der Waals surface area (Å²) in [6.07, 6.45) is 0.927. The Balaban J connectivity index is 1.98. The van der Waals surface area contributed by atoms with Crippen LogP contribution >= 0.6 is 0 Å². The SMILES string of the molecule is NCC#Cc1ccc(C(=O)NCC2CCOC2)c(F)c1. The normalized spacial score (nSPS) is 17.4. The van der Waals surface area contributed by atoms with Crippen LogP contribution < -0.4 is 11.1 Å². The fourth-order valence-corrected chi connectivity index (χ4v) is 2.01. The van der Waals surface area contributed by atoms with E-state index in [9.17, 15) is 9.18 Å². The zero-order valence-electron chi connectivity index (χ0n) is 11.1. The second kappa shape index (κ2) is 7.04. The number of hydrogen-bond donors (Lipinski definition) is 2. The largest absolute Gasteiger partial charge is 0.381 e. The van der Waals surface area contributed by atoms with Gasteiger partial charge in [-0.05, 0) is 24.6 Å². The molecule has 0 aromatic heterocycles. The summed E-state index contributed by atoms with van der Waals surface area (Å²) in [4.78, 5) is 11.9. The Hall–Kier alpha value is -1.90. The fourth-order valence-electron chi connectivity index (χ4n) is 2.01. The van der Waals surface area contributed by atoms with Crippen LogP contribution in [0.1, 0.15) is 22.3 Å². The maximum absolute atomic E-state index is 13.8. The third kappa shape index (κ3) is 3.80. The van der Waals surface area contributed by atoms with E-state index in [1.54, 1.807) is 6.07 Å². The van der Waals surface area contributed by atoms with Crippen LogP contribution in [0.3, 0.4) is 0 Å². The standard InChI is InChI=1S/C15H17FN2O2/c16-14-8-11(2-1-6-17)3-4-13(14)15(19)18-9-12-5-7-20-10-12/h3-4,8,12H,5-7,9-10,17H2,(H,18,19). The van der Waals surface area contributed by atoms with Crippen LogP contribution in [0.2, 0.25) is 0 Å². The number of amides is 1. The maximum Gasteiger partial charge on any atom is 0.254 e. The molecule has 4 nitrogen and oxygen atoms in total. The highest BCUT2D eigenvalue weighted by atomic mass is 19.1. The van der Waals surface area contributed by atoms with Gasteiger partial charge in [0.15, 0.2) is 0 Å². The number of hydrogen-bond acceptors (Lipinski definition) is 3. The summed E-state index contributed by atoms with van der Waals surface area (Å²) < 4.78 is 19.1. The average molecular weight is 276 g/mol. The van der Waals surface area contributed by atoms with Gasteiger partial charge < -0.3 is 15.8 Å². The van der Waals surface area contributed by atoms with Gasteiger partial charge >= 0.3 is 0 Å². The summed E-state index contributed by atoms with van der Waals surface area (Å²) in [7, 11) is 0. The molecular formula is C15H17FN2O2. The van der Waals surface area contributed by atoms with Crippen LogP contribution in [0.25, 0.3) is 0 Å². The summed E-state index contributed by atoms with van der Waals surface area (Å²) in [6.45, 7) is 2.10. The molecule has 106 valence electrons. The van der Waals surface area contributed by atoms with E-state index in [0.29, 0.717) is 24.6 Å². The van der Waals surface area contributed by atoms with Gasteiger partial charge in [0.1, 0.15) is 5.82 Å². The zero-order chi connectivity index (χ0) is 14.4. The highest BCUT2D eigenvalue weighted by Crippen LogP contribution is 2.13. The van der Waals surface area contributed by atoms with E-state index in [1.165, 1.54) is 12.1 Å². The highest BCUT2D eigenvalue weighted by molar-refractivity contribution is 5.94.